The molecule has 0 aliphatic carbocycles. The maximum atomic E-state index is 12.4. The molecule has 0 saturated carbocycles. The number of ether oxygens (including phenoxy) is 2. The highest BCUT2D eigenvalue weighted by atomic mass is 32.1. The van der Waals surface area contributed by atoms with Crippen LogP contribution in [0.3, 0.4) is 0 Å². The molecular formula is C19H17N3O4S. The highest BCUT2D eigenvalue weighted by molar-refractivity contribution is 7.22. The summed E-state index contributed by atoms with van der Waals surface area (Å²) < 4.78 is 12.2. The second kappa shape index (κ2) is 7.24. The van der Waals surface area contributed by atoms with Crippen LogP contribution in [0.15, 0.2) is 48.5 Å². The van der Waals surface area contributed by atoms with Gasteiger partial charge in [-0.3, -0.25) is 9.59 Å². The summed E-state index contributed by atoms with van der Waals surface area (Å²) >= 11 is 1.38. The molecule has 2 N–H and O–H groups in total. The number of nitrogens with zero attached hydrogens (tertiary/aromatic N) is 1. The average molecular weight is 383 g/mol. The fourth-order valence-electron chi connectivity index (χ4n) is 2.66. The van der Waals surface area contributed by atoms with Gasteiger partial charge in [0.25, 0.3) is 5.91 Å². The average Bonchev–Trinajstić information content (AvgIpc) is 3.09. The molecule has 1 aliphatic heterocycles. The Bertz CT molecular complexity index is 970. The standard InChI is InChI=1S/C19H17N3O4S/c1-11(17(23)22-19-21-12-6-2-5-9-16(12)27-19)20-18(24)15-10-25-13-7-3-4-8-14(13)26-15/h2-9,11,15H,10H2,1H3,(H,20,24)(H,21,22,23). The summed E-state index contributed by atoms with van der Waals surface area (Å²) in [4.78, 5) is 29.1. The number of para-hydroxylation sites is 3. The summed E-state index contributed by atoms with van der Waals surface area (Å²) in [6, 6.07) is 14.0. The van der Waals surface area contributed by atoms with Gasteiger partial charge in [-0.05, 0) is 31.2 Å². The van der Waals surface area contributed by atoms with Crippen molar-refractivity contribution in [1.82, 2.24) is 10.3 Å². The number of amides is 2. The third-order valence-corrected chi connectivity index (χ3v) is 5.03. The minimum absolute atomic E-state index is 0.0923. The Hall–Kier alpha value is -3.13. The largest absolute Gasteiger partial charge is 0.485 e. The van der Waals surface area contributed by atoms with Gasteiger partial charge in [0.15, 0.2) is 16.6 Å². The van der Waals surface area contributed by atoms with Gasteiger partial charge in [-0.2, -0.15) is 0 Å². The predicted molar refractivity (Wildman–Crippen MR) is 102 cm³/mol. The number of hydrogen-bond donors (Lipinski definition) is 2. The number of hydrogen-bond acceptors (Lipinski definition) is 6. The zero-order valence-electron chi connectivity index (χ0n) is 14.5. The molecule has 2 atom stereocenters. The number of fused-ring (bicyclic) bond motifs is 2. The quantitative estimate of drug-likeness (QED) is 0.723. The lowest BCUT2D eigenvalue weighted by atomic mass is 10.2. The molecule has 4 rings (SSSR count). The molecule has 2 aromatic carbocycles. The molecule has 2 unspecified atom stereocenters. The van der Waals surface area contributed by atoms with Gasteiger partial charge in [0.2, 0.25) is 12.0 Å². The summed E-state index contributed by atoms with van der Waals surface area (Å²) in [5.41, 5.74) is 0.820. The van der Waals surface area contributed by atoms with E-state index in [-0.39, 0.29) is 12.5 Å². The van der Waals surface area contributed by atoms with Crippen LogP contribution < -0.4 is 20.1 Å². The minimum Gasteiger partial charge on any atom is -0.485 e. The number of carbonyl (C=O) groups is 2. The van der Waals surface area contributed by atoms with Crippen LogP contribution in [0.5, 0.6) is 11.5 Å². The lowest BCUT2D eigenvalue weighted by Crippen LogP contribution is -2.50. The summed E-state index contributed by atoms with van der Waals surface area (Å²) in [6.45, 7) is 1.70. The van der Waals surface area contributed by atoms with E-state index in [0.717, 1.165) is 10.2 Å². The van der Waals surface area contributed by atoms with Crippen LogP contribution in [0.2, 0.25) is 0 Å². The van der Waals surface area contributed by atoms with Crippen molar-refractivity contribution in [3.05, 3.63) is 48.5 Å². The Morgan fingerprint density at radius 3 is 2.70 bits per heavy atom. The molecule has 8 heteroatoms. The van der Waals surface area contributed by atoms with Crippen LogP contribution in [-0.4, -0.2) is 35.6 Å². The van der Waals surface area contributed by atoms with Crippen molar-refractivity contribution >= 4 is 38.5 Å². The summed E-state index contributed by atoms with van der Waals surface area (Å²) in [5.74, 6) is 0.356. The number of thiazole rings is 1. The van der Waals surface area contributed by atoms with Crippen molar-refractivity contribution in [2.45, 2.75) is 19.1 Å². The molecule has 1 aliphatic rings. The minimum atomic E-state index is -0.808. The van der Waals surface area contributed by atoms with E-state index in [1.54, 1.807) is 25.1 Å². The second-order valence-corrected chi connectivity index (χ2v) is 7.10. The van der Waals surface area contributed by atoms with Gasteiger partial charge in [0.1, 0.15) is 12.6 Å². The molecule has 2 heterocycles. The van der Waals surface area contributed by atoms with Gasteiger partial charge < -0.3 is 20.1 Å². The topological polar surface area (TPSA) is 89.5 Å². The van der Waals surface area contributed by atoms with E-state index in [9.17, 15) is 9.59 Å². The van der Waals surface area contributed by atoms with Crippen molar-refractivity contribution in [3.8, 4) is 11.5 Å². The van der Waals surface area contributed by atoms with E-state index < -0.39 is 18.1 Å². The normalized spacial score (nSPS) is 16.6. The van der Waals surface area contributed by atoms with Crippen molar-refractivity contribution in [3.63, 3.8) is 0 Å². The zero-order valence-corrected chi connectivity index (χ0v) is 15.3. The smallest absolute Gasteiger partial charge is 0.265 e. The first-order valence-electron chi connectivity index (χ1n) is 8.45. The van der Waals surface area contributed by atoms with Crippen molar-refractivity contribution in [2.24, 2.45) is 0 Å². The molecule has 0 saturated heterocycles. The third-order valence-electron chi connectivity index (χ3n) is 4.08. The fourth-order valence-corrected chi connectivity index (χ4v) is 3.53. The molecule has 0 bridgehead atoms. The van der Waals surface area contributed by atoms with E-state index in [2.05, 4.69) is 15.6 Å². The number of aromatic nitrogens is 1. The van der Waals surface area contributed by atoms with Crippen LogP contribution in [0.4, 0.5) is 5.13 Å². The molecule has 0 spiro atoms. The summed E-state index contributed by atoms with van der Waals surface area (Å²) in [6.07, 6.45) is -0.808. The second-order valence-electron chi connectivity index (χ2n) is 6.07. The maximum absolute atomic E-state index is 12.4. The molecule has 0 fully saturated rings. The molecular weight excluding hydrogens is 366 g/mol. The monoisotopic (exact) mass is 383 g/mol. The van der Waals surface area contributed by atoms with Crippen molar-refractivity contribution < 1.29 is 19.1 Å². The SMILES string of the molecule is CC(NC(=O)C1COc2ccccc2O1)C(=O)Nc1nc2ccccc2s1. The van der Waals surface area contributed by atoms with Gasteiger partial charge >= 0.3 is 0 Å². The number of anilines is 1. The Morgan fingerprint density at radius 1 is 1.15 bits per heavy atom. The Morgan fingerprint density at radius 2 is 1.89 bits per heavy atom. The van der Waals surface area contributed by atoms with Crippen LogP contribution in [-0.2, 0) is 9.59 Å². The van der Waals surface area contributed by atoms with Crippen LogP contribution in [0.25, 0.3) is 10.2 Å². The Labute approximate surface area is 159 Å². The maximum Gasteiger partial charge on any atom is 0.265 e. The van der Waals surface area contributed by atoms with E-state index in [4.69, 9.17) is 9.47 Å². The van der Waals surface area contributed by atoms with Crippen molar-refractivity contribution in [2.75, 3.05) is 11.9 Å². The van der Waals surface area contributed by atoms with Gasteiger partial charge in [-0.1, -0.05) is 35.6 Å². The van der Waals surface area contributed by atoms with E-state index in [0.29, 0.717) is 16.6 Å². The van der Waals surface area contributed by atoms with Gasteiger partial charge in [-0.25, -0.2) is 4.98 Å². The number of rotatable bonds is 4. The van der Waals surface area contributed by atoms with Gasteiger partial charge in [0, 0.05) is 0 Å². The Kier molecular flexibility index (Phi) is 4.64. The summed E-state index contributed by atoms with van der Waals surface area (Å²) in [5, 5.41) is 5.89. The first-order chi connectivity index (χ1) is 13.1. The van der Waals surface area contributed by atoms with E-state index in [1.165, 1.54) is 11.3 Å². The summed E-state index contributed by atoms with van der Waals surface area (Å²) in [7, 11) is 0. The number of benzene rings is 2. The first-order valence-corrected chi connectivity index (χ1v) is 9.27. The van der Waals surface area contributed by atoms with E-state index in [1.807, 2.05) is 30.3 Å². The van der Waals surface area contributed by atoms with E-state index >= 15 is 0 Å². The number of carbonyl (C=O) groups excluding carboxylic acids is 2. The Balaban J connectivity index is 1.36. The first kappa shape index (κ1) is 17.3. The zero-order chi connectivity index (χ0) is 18.8. The van der Waals surface area contributed by atoms with Crippen LogP contribution >= 0.6 is 11.3 Å². The molecule has 7 nitrogen and oxygen atoms in total. The molecule has 3 aromatic rings. The highest BCUT2D eigenvalue weighted by Gasteiger charge is 2.29. The van der Waals surface area contributed by atoms with Gasteiger partial charge in [0.05, 0.1) is 10.2 Å². The number of nitrogens with one attached hydrogen (secondary N) is 2. The molecule has 27 heavy (non-hydrogen) atoms. The molecule has 138 valence electrons. The molecule has 0 radical (unpaired) electrons. The predicted octanol–water partition coefficient (Wildman–Crippen LogP) is 2.58. The van der Waals surface area contributed by atoms with Crippen LogP contribution in [0.1, 0.15) is 6.92 Å². The lowest BCUT2D eigenvalue weighted by Gasteiger charge is -2.26. The molecule has 1 aromatic heterocycles. The fraction of sp³-hybridized carbons (Fsp3) is 0.211. The van der Waals surface area contributed by atoms with Crippen LogP contribution in [0, 0.1) is 0 Å². The highest BCUT2D eigenvalue weighted by Crippen LogP contribution is 2.31. The van der Waals surface area contributed by atoms with Crippen molar-refractivity contribution in [1.29, 1.82) is 0 Å². The van der Waals surface area contributed by atoms with Gasteiger partial charge in [-0.15, -0.1) is 0 Å². The third kappa shape index (κ3) is 3.70. The lowest BCUT2D eigenvalue weighted by molar-refractivity contribution is -0.133. The molecule has 2 amide bonds.